The fraction of sp³-hybridized carbons (Fsp3) is 0.600. The number of aromatic nitrogens is 11. The molecule has 0 fully saturated rings. The molecule has 386 valence electrons. The number of hydrogen-bond donors (Lipinski definition) is 0. The Bertz CT molecular complexity index is 2420. The minimum Gasteiger partial charge on any atom is -0.407 e. The van der Waals surface area contributed by atoms with Gasteiger partial charge in [-0.1, -0.05) is 21.0 Å². The Kier molecular flexibility index (Phi) is 23.9. The molecule has 0 atom stereocenters. The van der Waals surface area contributed by atoms with Crippen molar-refractivity contribution in [2.75, 3.05) is 14.1 Å². The summed E-state index contributed by atoms with van der Waals surface area (Å²) in [7, 11) is 18.4. The van der Waals surface area contributed by atoms with Crippen LogP contribution in [0, 0.1) is 138 Å². The lowest BCUT2D eigenvalue weighted by Gasteiger charge is -2.02. The van der Waals surface area contributed by atoms with Crippen molar-refractivity contribution in [2.45, 2.75) is 165 Å². The van der Waals surface area contributed by atoms with Gasteiger partial charge in [-0.15, -0.1) is 4.68 Å². The van der Waals surface area contributed by atoms with Crippen molar-refractivity contribution in [3.05, 3.63) is 113 Å². The van der Waals surface area contributed by atoms with E-state index in [1.807, 2.05) is 123 Å². The Labute approximate surface area is 428 Å². The van der Waals surface area contributed by atoms with Crippen molar-refractivity contribution in [1.82, 2.24) is 24.8 Å². The zero-order valence-electron chi connectivity index (χ0n) is 50.2. The second-order valence-electron chi connectivity index (χ2n) is 19.0. The largest absolute Gasteiger partial charge is 0.407 e. The lowest BCUT2D eigenvalue weighted by molar-refractivity contribution is -0.737. The molecule has 0 aliphatic carbocycles. The molecule has 6 aromatic rings. The third kappa shape index (κ3) is 15.8. The van der Waals surface area contributed by atoms with Crippen LogP contribution in [0.4, 0.5) is 0 Å². The maximum Gasteiger partial charge on any atom is 0.343 e. The molecule has 0 aromatic carbocycles. The Morgan fingerprint density at radius 2 is 0.943 bits per heavy atom. The van der Waals surface area contributed by atoms with Crippen molar-refractivity contribution in [1.29, 1.82) is 0 Å². The number of hydrogen-bond acceptors (Lipinski definition) is 6. The van der Waals surface area contributed by atoms with Gasteiger partial charge in [-0.05, 0) is 66.1 Å². The zero-order valence-corrected chi connectivity index (χ0v) is 51.0. The molecule has 0 saturated carbocycles. The van der Waals surface area contributed by atoms with Crippen LogP contribution in [0.2, 0.25) is 0 Å². The summed E-state index contributed by atoms with van der Waals surface area (Å²) in [4.78, 5) is 10.2. The van der Waals surface area contributed by atoms with Crippen molar-refractivity contribution in [3.8, 4) is 0 Å². The molecule has 0 unspecified atom stereocenters. The molecule has 7 heterocycles. The van der Waals surface area contributed by atoms with Crippen LogP contribution < -0.4 is 27.5 Å². The minimum atomic E-state index is 0.528. The molecule has 0 spiro atoms. The van der Waals surface area contributed by atoms with Crippen LogP contribution in [0.1, 0.15) is 133 Å². The Morgan fingerprint density at radius 3 is 1.23 bits per heavy atom. The minimum absolute atomic E-state index is 0.528. The number of nitrogens with zero attached hydrogens (tertiary/aromatic N) is 13. The smallest absolute Gasteiger partial charge is 0.343 e. The first-order valence-electron chi connectivity index (χ1n) is 24.3. The summed E-state index contributed by atoms with van der Waals surface area (Å²) >= 11 is 1.86. The molecule has 70 heavy (non-hydrogen) atoms. The fourth-order valence-corrected chi connectivity index (χ4v) is 8.28. The first-order valence-corrected chi connectivity index (χ1v) is 25.1. The van der Waals surface area contributed by atoms with E-state index in [0.29, 0.717) is 6.17 Å². The van der Waals surface area contributed by atoms with Gasteiger partial charge in [0.05, 0.1) is 39.9 Å². The predicted octanol–water partition coefficient (Wildman–Crippen LogP) is 6.36. The van der Waals surface area contributed by atoms with Crippen molar-refractivity contribution < 1.29 is 41.1 Å². The molecule has 1 aliphatic rings. The summed E-state index contributed by atoms with van der Waals surface area (Å²) in [6, 6.07) is 0. The Morgan fingerprint density at radius 1 is 0.457 bits per heavy atom. The fourth-order valence-electron chi connectivity index (χ4n) is 7.28. The van der Waals surface area contributed by atoms with E-state index < -0.39 is 0 Å². The molecular formula is C55H97N13OS+8. The molecule has 6 aromatic heterocycles. The van der Waals surface area contributed by atoms with Crippen molar-refractivity contribution in [2.24, 2.45) is 49.3 Å². The van der Waals surface area contributed by atoms with E-state index in [1.165, 1.54) is 78.0 Å². The summed E-state index contributed by atoms with van der Waals surface area (Å²) in [6.07, 6.45) is 0.528. The lowest BCUT2D eigenvalue weighted by atomic mass is 10.1. The maximum absolute atomic E-state index is 5.31. The molecule has 0 amide bonds. The second-order valence-corrected chi connectivity index (χ2v) is 20.4. The van der Waals surface area contributed by atoms with Gasteiger partial charge in [0.1, 0.15) is 58.0 Å². The van der Waals surface area contributed by atoms with E-state index >= 15 is 0 Å². The third-order valence-corrected chi connectivity index (χ3v) is 16.4. The molecule has 0 N–H and O–H groups in total. The summed E-state index contributed by atoms with van der Waals surface area (Å²) in [6.45, 7) is 48.0. The average Bonchev–Trinajstić information content (AvgIpc) is 3.84. The monoisotopic (exact) mass is 988 g/mol. The standard InChI is InChI=1S/3C9H15N2.C8H16N2.C7H12NO.C7H12NS.C6H12N3/c1-6-8(3)11(5)9(4)7(2)10-6;1-6-7(2)10-9(4)11(5)8(6)3;1-6-7(2)9(4)11(5)10-8(6)3;1-6-7(2)10(5)8(3)9(6)4;2*1-5-6(2)9-7(3)8(5)4;1-5-7-9(4)6(2)8(5)3/h3*1-5H3;8H,1-5H3;3*1-4H3/q3*+1;+2;3*+1. The summed E-state index contributed by atoms with van der Waals surface area (Å²) in [5.74, 6) is 5.27. The van der Waals surface area contributed by atoms with E-state index in [-0.39, 0.29) is 0 Å². The Balaban J connectivity index is 0.000000409. The highest BCUT2D eigenvalue weighted by atomic mass is 32.1. The molecular weight excluding hydrogens is 891 g/mol. The predicted molar refractivity (Wildman–Crippen MR) is 284 cm³/mol. The number of oxazole rings is 1. The van der Waals surface area contributed by atoms with Crippen molar-refractivity contribution >= 4 is 22.8 Å². The highest BCUT2D eigenvalue weighted by Crippen LogP contribution is 2.12. The molecule has 7 rings (SSSR count). The molecule has 1 aliphatic heterocycles. The van der Waals surface area contributed by atoms with Gasteiger partial charge in [-0.2, -0.15) is 22.9 Å². The quantitative estimate of drug-likeness (QED) is 0.165. The highest BCUT2D eigenvalue weighted by molar-refractivity contribution is 7.11. The molecule has 14 nitrogen and oxygen atoms in total. The van der Waals surface area contributed by atoms with Gasteiger partial charge in [0.2, 0.25) is 33.6 Å². The SMILES string of the molecule is CC1=[N+](C)C(C)[N+](C)=C1C.Cc1n[n+](C)c(C)c(C)c1C.Cc1nc(C)[n+](C)c(C)c1C.Cc1nc(C)c(C)[n+](C)c1C.Cc1nn(C)c(C)[n+]1C.Cc1oc(C)[n+](C)c1C.Cc1sc(C)[n+](C)c1C. The number of thiazole rings is 1. The Hall–Kier alpha value is -5.44. The number of aryl methyl sites for hydroxylation is 12. The summed E-state index contributed by atoms with van der Waals surface area (Å²) in [5.41, 5.74) is 18.8. The van der Waals surface area contributed by atoms with Gasteiger partial charge in [0.25, 0.3) is 11.6 Å². The van der Waals surface area contributed by atoms with Gasteiger partial charge in [-0.25, -0.2) is 14.1 Å². The van der Waals surface area contributed by atoms with Gasteiger partial charge in [0, 0.05) is 106 Å². The average molecular weight is 989 g/mol. The highest BCUT2D eigenvalue weighted by Gasteiger charge is 2.34. The van der Waals surface area contributed by atoms with E-state index in [1.54, 1.807) is 0 Å². The van der Waals surface area contributed by atoms with E-state index in [2.05, 4.69) is 173 Å². The molecule has 0 bridgehead atoms. The van der Waals surface area contributed by atoms with Gasteiger partial charge >= 0.3 is 12.1 Å². The zero-order chi connectivity index (χ0) is 54.7. The van der Waals surface area contributed by atoms with Crippen LogP contribution in [0.5, 0.6) is 0 Å². The van der Waals surface area contributed by atoms with Crippen LogP contribution >= 0.6 is 11.3 Å². The maximum atomic E-state index is 5.31. The van der Waals surface area contributed by atoms with Crippen LogP contribution in [0.25, 0.3) is 0 Å². The first kappa shape index (κ1) is 62.6. The van der Waals surface area contributed by atoms with E-state index in [0.717, 1.165) is 46.1 Å². The van der Waals surface area contributed by atoms with Gasteiger partial charge in [0.15, 0.2) is 35.6 Å². The topological polar surface area (TPSA) is 98.9 Å². The van der Waals surface area contributed by atoms with Gasteiger partial charge in [-0.3, -0.25) is 0 Å². The lowest BCUT2D eigenvalue weighted by Crippen LogP contribution is -2.38. The molecule has 15 heteroatoms. The third-order valence-electron chi connectivity index (χ3n) is 15.2. The molecule has 0 saturated heterocycles. The van der Waals surface area contributed by atoms with Crippen molar-refractivity contribution in [3.63, 3.8) is 0 Å². The van der Waals surface area contributed by atoms with Crippen LogP contribution in [-0.2, 0) is 49.3 Å². The van der Waals surface area contributed by atoms with Crippen LogP contribution in [-0.4, -0.2) is 65.7 Å². The molecule has 0 radical (unpaired) electrons. The second kappa shape index (κ2) is 26.7. The summed E-state index contributed by atoms with van der Waals surface area (Å²) < 4.78 is 24.3. The van der Waals surface area contributed by atoms with E-state index in [9.17, 15) is 0 Å². The summed E-state index contributed by atoms with van der Waals surface area (Å²) in [5, 5.41) is 9.92. The van der Waals surface area contributed by atoms with Gasteiger partial charge < -0.3 is 4.42 Å². The number of rotatable bonds is 0. The first-order chi connectivity index (χ1) is 32.0. The van der Waals surface area contributed by atoms with Crippen LogP contribution in [0.3, 0.4) is 0 Å². The normalized spacial score (nSPS) is 11.8. The van der Waals surface area contributed by atoms with E-state index in [4.69, 9.17) is 4.42 Å². The van der Waals surface area contributed by atoms with Crippen LogP contribution in [0.15, 0.2) is 4.42 Å².